The minimum Gasteiger partial charge on any atom is -0.293 e. The zero-order chi connectivity index (χ0) is 9.84. The molecule has 3 heteroatoms. The van der Waals surface area contributed by atoms with E-state index in [1.54, 1.807) is 19.1 Å². The molecule has 0 saturated heterocycles. The monoisotopic (exact) mass is 179 g/mol. The molecule has 0 aliphatic carbocycles. The molecule has 0 fully saturated rings. The Kier molecular flexibility index (Phi) is 3.17. The third-order valence-corrected chi connectivity index (χ3v) is 1.91. The van der Waals surface area contributed by atoms with Gasteiger partial charge in [-0.2, -0.15) is 0 Å². The molecule has 0 amide bonds. The van der Waals surface area contributed by atoms with Crippen LogP contribution in [-0.2, 0) is 4.84 Å². The first kappa shape index (κ1) is 9.89. The van der Waals surface area contributed by atoms with Gasteiger partial charge in [0.2, 0.25) is 0 Å². The quantitative estimate of drug-likeness (QED) is 0.564. The third kappa shape index (κ3) is 2.37. The molecule has 2 N–H and O–H groups in total. The van der Waals surface area contributed by atoms with Gasteiger partial charge in [-0.1, -0.05) is 29.8 Å². The maximum Gasteiger partial charge on any atom is 0.193 e. The van der Waals surface area contributed by atoms with E-state index in [0.717, 1.165) is 5.56 Å². The minimum atomic E-state index is -0.581. The van der Waals surface area contributed by atoms with Gasteiger partial charge >= 0.3 is 0 Å². The second kappa shape index (κ2) is 4.16. The predicted molar refractivity (Wildman–Crippen MR) is 50.2 cm³/mol. The number of benzene rings is 1. The number of rotatable bonds is 3. The highest BCUT2D eigenvalue weighted by atomic mass is 16.6. The molecule has 1 aromatic carbocycles. The Hall–Kier alpha value is -1.19. The molecule has 0 bridgehead atoms. The smallest absolute Gasteiger partial charge is 0.193 e. The van der Waals surface area contributed by atoms with E-state index in [2.05, 4.69) is 4.84 Å². The molecule has 0 radical (unpaired) electrons. The SMILES string of the molecule is Cc1ccc(C(=O)C(C)ON)cc1. The van der Waals surface area contributed by atoms with Crippen molar-refractivity contribution in [1.29, 1.82) is 0 Å². The van der Waals surface area contributed by atoms with Crippen LogP contribution in [0.5, 0.6) is 0 Å². The summed E-state index contributed by atoms with van der Waals surface area (Å²) in [6, 6.07) is 7.31. The van der Waals surface area contributed by atoms with Crippen molar-refractivity contribution in [3.05, 3.63) is 35.4 Å². The topological polar surface area (TPSA) is 52.3 Å². The Morgan fingerprint density at radius 1 is 1.38 bits per heavy atom. The zero-order valence-electron chi connectivity index (χ0n) is 7.78. The van der Waals surface area contributed by atoms with E-state index in [4.69, 9.17) is 5.90 Å². The van der Waals surface area contributed by atoms with E-state index in [9.17, 15) is 4.79 Å². The molecule has 1 rings (SSSR count). The van der Waals surface area contributed by atoms with Gasteiger partial charge < -0.3 is 0 Å². The summed E-state index contributed by atoms with van der Waals surface area (Å²) < 4.78 is 0. The second-order valence-corrected chi connectivity index (χ2v) is 3.01. The molecule has 0 spiro atoms. The number of carbonyl (C=O) groups is 1. The Bertz CT molecular complexity index is 292. The minimum absolute atomic E-state index is 0.0949. The molecule has 1 atom stereocenters. The van der Waals surface area contributed by atoms with Crippen LogP contribution >= 0.6 is 0 Å². The van der Waals surface area contributed by atoms with Gasteiger partial charge in [0.25, 0.3) is 0 Å². The van der Waals surface area contributed by atoms with Crippen LogP contribution in [0, 0.1) is 6.92 Å². The maximum absolute atomic E-state index is 11.5. The standard InChI is InChI=1S/C10H13NO2/c1-7-3-5-9(6-4-7)10(12)8(2)13-11/h3-6,8H,11H2,1-2H3. The van der Waals surface area contributed by atoms with Crippen LogP contribution in [-0.4, -0.2) is 11.9 Å². The summed E-state index contributed by atoms with van der Waals surface area (Å²) in [5, 5.41) is 0. The highest BCUT2D eigenvalue weighted by molar-refractivity contribution is 5.99. The Morgan fingerprint density at radius 3 is 2.38 bits per heavy atom. The fourth-order valence-electron chi connectivity index (χ4n) is 1.01. The van der Waals surface area contributed by atoms with Crippen molar-refractivity contribution in [1.82, 2.24) is 0 Å². The summed E-state index contributed by atoms with van der Waals surface area (Å²) in [6.45, 7) is 3.60. The van der Waals surface area contributed by atoms with E-state index in [1.807, 2.05) is 19.1 Å². The van der Waals surface area contributed by atoms with Crippen molar-refractivity contribution in [3.63, 3.8) is 0 Å². The van der Waals surface area contributed by atoms with Gasteiger partial charge in [-0.25, -0.2) is 5.90 Å². The first-order valence-electron chi connectivity index (χ1n) is 4.11. The van der Waals surface area contributed by atoms with Crippen LogP contribution in [0.4, 0.5) is 0 Å². The Labute approximate surface area is 77.5 Å². The lowest BCUT2D eigenvalue weighted by atomic mass is 10.1. The van der Waals surface area contributed by atoms with Crippen molar-refractivity contribution in [2.24, 2.45) is 5.90 Å². The van der Waals surface area contributed by atoms with E-state index >= 15 is 0 Å². The van der Waals surface area contributed by atoms with Crippen LogP contribution < -0.4 is 5.90 Å². The van der Waals surface area contributed by atoms with Crippen molar-refractivity contribution in [2.75, 3.05) is 0 Å². The zero-order valence-corrected chi connectivity index (χ0v) is 7.78. The number of hydrogen-bond acceptors (Lipinski definition) is 3. The van der Waals surface area contributed by atoms with Gasteiger partial charge in [-0.05, 0) is 13.8 Å². The highest BCUT2D eigenvalue weighted by Crippen LogP contribution is 2.06. The Balaban J connectivity index is 2.83. The summed E-state index contributed by atoms with van der Waals surface area (Å²) >= 11 is 0. The second-order valence-electron chi connectivity index (χ2n) is 3.01. The summed E-state index contributed by atoms with van der Waals surface area (Å²) in [5.41, 5.74) is 1.75. The predicted octanol–water partition coefficient (Wildman–Crippen LogP) is 1.46. The first-order valence-corrected chi connectivity index (χ1v) is 4.11. The molecule has 3 nitrogen and oxygen atoms in total. The lowest BCUT2D eigenvalue weighted by Crippen LogP contribution is -2.23. The fraction of sp³-hybridized carbons (Fsp3) is 0.300. The average Bonchev–Trinajstić information content (AvgIpc) is 2.17. The van der Waals surface area contributed by atoms with Crippen molar-refractivity contribution >= 4 is 5.78 Å². The fourth-order valence-corrected chi connectivity index (χ4v) is 1.01. The molecule has 1 unspecified atom stereocenters. The summed E-state index contributed by atoms with van der Waals surface area (Å²) in [7, 11) is 0. The number of Topliss-reactive ketones (excluding diaryl/α,β-unsaturated/α-hetero) is 1. The van der Waals surface area contributed by atoms with Crippen LogP contribution in [0.2, 0.25) is 0 Å². The first-order chi connectivity index (χ1) is 6.15. The number of hydrogen-bond donors (Lipinski definition) is 1. The van der Waals surface area contributed by atoms with Gasteiger partial charge in [0.15, 0.2) is 5.78 Å². The van der Waals surface area contributed by atoms with Crippen LogP contribution in [0.15, 0.2) is 24.3 Å². The average molecular weight is 179 g/mol. The molecule has 0 aliphatic rings. The van der Waals surface area contributed by atoms with Gasteiger partial charge in [0.1, 0.15) is 6.10 Å². The van der Waals surface area contributed by atoms with Gasteiger partial charge in [0, 0.05) is 5.56 Å². The van der Waals surface area contributed by atoms with E-state index in [0.29, 0.717) is 5.56 Å². The Morgan fingerprint density at radius 2 is 1.92 bits per heavy atom. The van der Waals surface area contributed by atoms with Gasteiger partial charge in [-0.3, -0.25) is 9.63 Å². The van der Waals surface area contributed by atoms with E-state index < -0.39 is 6.10 Å². The molecule has 70 valence electrons. The molecule has 0 aromatic heterocycles. The normalized spacial score (nSPS) is 12.5. The summed E-state index contributed by atoms with van der Waals surface area (Å²) in [4.78, 5) is 15.9. The van der Waals surface area contributed by atoms with Crippen molar-refractivity contribution in [3.8, 4) is 0 Å². The van der Waals surface area contributed by atoms with Crippen molar-refractivity contribution < 1.29 is 9.63 Å². The molecule has 1 aromatic rings. The summed E-state index contributed by atoms with van der Waals surface area (Å²) in [6.07, 6.45) is -0.581. The number of nitrogens with two attached hydrogens (primary N) is 1. The lowest BCUT2D eigenvalue weighted by molar-refractivity contribution is 0.0478. The van der Waals surface area contributed by atoms with Crippen LogP contribution in [0.25, 0.3) is 0 Å². The number of ketones is 1. The summed E-state index contributed by atoms with van der Waals surface area (Å²) in [5.74, 6) is 4.82. The highest BCUT2D eigenvalue weighted by Gasteiger charge is 2.13. The lowest BCUT2D eigenvalue weighted by Gasteiger charge is -2.06. The molecular weight excluding hydrogens is 166 g/mol. The number of carbonyl (C=O) groups excluding carboxylic acids is 1. The van der Waals surface area contributed by atoms with E-state index in [-0.39, 0.29) is 5.78 Å². The molecule has 13 heavy (non-hydrogen) atoms. The largest absolute Gasteiger partial charge is 0.293 e. The van der Waals surface area contributed by atoms with Crippen LogP contribution in [0.1, 0.15) is 22.8 Å². The van der Waals surface area contributed by atoms with Gasteiger partial charge in [-0.15, -0.1) is 0 Å². The van der Waals surface area contributed by atoms with Crippen molar-refractivity contribution in [2.45, 2.75) is 20.0 Å². The molecular formula is C10H13NO2. The van der Waals surface area contributed by atoms with E-state index in [1.165, 1.54) is 0 Å². The van der Waals surface area contributed by atoms with Gasteiger partial charge in [0.05, 0.1) is 0 Å². The number of aryl methyl sites for hydroxylation is 1. The molecule has 0 aliphatic heterocycles. The maximum atomic E-state index is 11.5. The molecule has 0 heterocycles. The molecule has 0 saturated carbocycles. The van der Waals surface area contributed by atoms with Crippen LogP contribution in [0.3, 0.4) is 0 Å². The third-order valence-electron chi connectivity index (χ3n) is 1.91.